The number of rotatable bonds is 3. The van der Waals surface area contributed by atoms with Crippen molar-refractivity contribution in [2.24, 2.45) is 0 Å². The van der Waals surface area contributed by atoms with Gasteiger partial charge in [0.25, 0.3) is 0 Å². The minimum absolute atomic E-state index is 0.477. The third-order valence-electron chi connectivity index (χ3n) is 2.98. The van der Waals surface area contributed by atoms with E-state index in [2.05, 4.69) is 0 Å². The van der Waals surface area contributed by atoms with Crippen LogP contribution in [0.2, 0.25) is 0 Å². The van der Waals surface area contributed by atoms with E-state index in [1.54, 1.807) is 0 Å². The molecule has 2 aromatic carbocycles. The minimum atomic E-state index is -2.84. The molecule has 0 fully saturated rings. The first-order valence-electron chi connectivity index (χ1n) is 5.63. The summed E-state index contributed by atoms with van der Waals surface area (Å²) >= 11 is 0. The Balaban J connectivity index is 2.67. The molecular formula is C14H8F4O3. The van der Waals surface area contributed by atoms with Crippen LogP contribution in [0.3, 0.4) is 0 Å². The molecule has 7 heteroatoms. The predicted molar refractivity (Wildman–Crippen MR) is 63.4 cm³/mol. The van der Waals surface area contributed by atoms with E-state index < -0.39 is 46.0 Å². The standard InChI is InChI=1S/C14H8F4O3/c15-9-3-1-7(5-11(9)17)14(21,13(19)20)8-2-4-10(16)12(18)6-8/h1-6,21H,(H,19,20). The summed E-state index contributed by atoms with van der Waals surface area (Å²) in [6.07, 6.45) is 0. The van der Waals surface area contributed by atoms with Gasteiger partial charge in [-0.05, 0) is 24.3 Å². The Kier molecular flexibility index (Phi) is 3.69. The van der Waals surface area contributed by atoms with Gasteiger partial charge in [-0.2, -0.15) is 0 Å². The highest BCUT2D eigenvalue weighted by Crippen LogP contribution is 2.31. The summed E-state index contributed by atoms with van der Waals surface area (Å²) in [7, 11) is 0. The number of carboxylic acid groups (broad SMARTS) is 1. The van der Waals surface area contributed by atoms with E-state index in [1.165, 1.54) is 0 Å². The van der Waals surface area contributed by atoms with Crippen LogP contribution in [0.1, 0.15) is 11.1 Å². The first-order chi connectivity index (χ1) is 9.76. The van der Waals surface area contributed by atoms with Crippen LogP contribution in [0.5, 0.6) is 0 Å². The lowest BCUT2D eigenvalue weighted by molar-refractivity contribution is -0.155. The van der Waals surface area contributed by atoms with Gasteiger partial charge in [-0.3, -0.25) is 0 Å². The van der Waals surface area contributed by atoms with Crippen molar-refractivity contribution >= 4 is 5.97 Å². The van der Waals surface area contributed by atoms with Crippen molar-refractivity contribution in [2.45, 2.75) is 5.60 Å². The first kappa shape index (κ1) is 15.0. The van der Waals surface area contributed by atoms with E-state index in [9.17, 15) is 32.6 Å². The van der Waals surface area contributed by atoms with Gasteiger partial charge in [-0.1, -0.05) is 12.1 Å². The van der Waals surface area contributed by atoms with Crippen molar-refractivity contribution in [3.8, 4) is 0 Å². The van der Waals surface area contributed by atoms with Crippen molar-refractivity contribution in [1.82, 2.24) is 0 Å². The Morgan fingerprint density at radius 3 is 1.48 bits per heavy atom. The molecular weight excluding hydrogens is 292 g/mol. The predicted octanol–water partition coefficient (Wildman–Crippen LogP) is 2.56. The van der Waals surface area contributed by atoms with Crippen LogP contribution >= 0.6 is 0 Å². The second kappa shape index (κ2) is 5.17. The molecule has 2 aromatic rings. The Bertz CT molecular complexity index is 664. The lowest BCUT2D eigenvalue weighted by atomic mass is 9.86. The number of halogens is 4. The van der Waals surface area contributed by atoms with Crippen molar-refractivity contribution in [3.63, 3.8) is 0 Å². The van der Waals surface area contributed by atoms with Crippen LogP contribution in [0.25, 0.3) is 0 Å². The molecule has 2 N–H and O–H groups in total. The number of hydrogen-bond acceptors (Lipinski definition) is 2. The van der Waals surface area contributed by atoms with Crippen LogP contribution in [0, 0.1) is 23.3 Å². The summed E-state index contributed by atoms with van der Waals surface area (Å²) in [5, 5.41) is 19.5. The monoisotopic (exact) mass is 300 g/mol. The molecule has 0 amide bonds. The Hall–Kier alpha value is -2.41. The first-order valence-corrected chi connectivity index (χ1v) is 5.63. The highest BCUT2D eigenvalue weighted by atomic mass is 19.2. The number of benzene rings is 2. The maximum Gasteiger partial charge on any atom is 0.345 e. The van der Waals surface area contributed by atoms with Gasteiger partial charge >= 0.3 is 5.97 Å². The Morgan fingerprint density at radius 1 is 0.810 bits per heavy atom. The second-order valence-corrected chi connectivity index (χ2v) is 4.27. The molecule has 0 heterocycles. The van der Waals surface area contributed by atoms with E-state index >= 15 is 0 Å². The summed E-state index contributed by atoms with van der Waals surface area (Å²) in [6.45, 7) is 0. The van der Waals surface area contributed by atoms with Crippen LogP contribution in [-0.4, -0.2) is 16.2 Å². The zero-order valence-electron chi connectivity index (χ0n) is 10.3. The molecule has 110 valence electrons. The fourth-order valence-corrected chi connectivity index (χ4v) is 1.86. The van der Waals surface area contributed by atoms with Gasteiger partial charge in [-0.25, -0.2) is 22.4 Å². The molecule has 2 rings (SSSR count). The fourth-order valence-electron chi connectivity index (χ4n) is 1.86. The molecule has 0 aliphatic heterocycles. The van der Waals surface area contributed by atoms with Gasteiger partial charge in [-0.15, -0.1) is 0 Å². The lowest BCUT2D eigenvalue weighted by Crippen LogP contribution is -2.37. The van der Waals surface area contributed by atoms with Gasteiger partial charge in [0, 0.05) is 11.1 Å². The third-order valence-corrected chi connectivity index (χ3v) is 2.98. The van der Waals surface area contributed by atoms with Gasteiger partial charge in [0.1, 0.15) is 0 Å². The van der Waals surface area contributed by atoms with Gasteiger partial charge < -0.3 is 10.2 Å². The van der Waals surface area contributed by atoms with Gasteiger partial charge in [0.2, 0.25) is 5.60 Å². The minimum Gasteiger partial charge on any atom is -0.479 e. The highest BCUT2D eigenvalue weighted by molar-refractivity contribution is 5.83. The zero-order valence-corrected chi connectivity index (χ0v) is 10.3. The second-order valence-electron chi connectivity index (χ2n) is 4.27. The molecule has 0 saturated carbocycles. The molecule has 0 aromatic heterocycles. The quantitative estimate of drug-likeness (QED) is 0.857. The van der Waals surface area contributed by atoms with E-state index in [0.29, 0.717) is 24.3 Å². The molecule has 0 atom stereocenters. The van der Waals surface area contributed by atoms with Crippen LogP contribution in [-0.2, 0) is 10.4 Å². The normalized spacial score (nSPS) is 11.5. The van der Waals surface area contributed by atoms with Crippen LogP contribution in [0.15, 0.2) is 36.4 Å². The SMILES string of the molecule is O=C(O)C(O)(c1ccc(F)c(F)c1)c1ccc(F)c(F)c1. The molecule has 3 nitrogen and oxygen atoms in total. The van der Waals surface area contributed by atoms with Gasteiger partial charge in [0.05, 0.1) is 0 Å². The van der Waals surface area contributed by atoms with E-state index in [4.69, 9.17) is 0 Å². The largest absolute Gasteiger partial charge is 0.479 e. The van der Waals surface area contributed by atoms with Gasteiger partial charge in [0.15, 0.2) is 23.3 Å². The lowest BCUT2D eigenvalue weighted by Gasteiger charge is -2.24. The summed E-state index contributed by atoms with van der Waals surface area (Å²) in [6, 6.07) is 3.88. The molecule has 0 spiro atoms. The number of hydrogen-bond donors (Lipinski definition) is 2. The highest BCUT2D eigenvalue weighted by Gasteiger charge is 2.41. The summed E-state index contributed by atoms with van der Waals surface area (Å²) in [4.78, 5) is 11.3. The van der Waals surface area contributed by atoms with Crippen LogP contribution in [0.4, 0.5) is 17.6 Å². The van der Waals surface area contributed by atoms with Crippen LogP contribution < -0.4 is 0 Å². The molecule has 0 radical (unpaired) electrons. The van der Waals surface area contributed by atoms with Crippen molar-refractivity contribution in [2.75, 3.05) is 0 Å². The molecule has 0 saturated heterocycles. The number of carboxylic acids is 1. The Morgan fingerprint density at radius 2 is 1.19 bits per heavy atom. The summed E-state index contributed by atoms with van der Waals surface area (Å²) in [5.41, 5.74) is -3.90. The molecule has 21 heavy (non-hydrogen) atoms. The van der Waals surface area contributed by atoms with E-state index in [-0.39, 0.29) is 0 Å². The van der Waals surface area contributed by atoms with Crippen molar-refractivity contribution in [3.05, 3.63) is 70.8 Å². The Labute approximate surface area is 116 Å². The van der Waals surface area contributed by atoms with E-state index in [0.717, 1.165) is 12.1 Å². The average molecular weight is 300 g/mol. The van der Waals surface area contributed by atoms with Crippen molar-refractivity contribution in [1.29, 1.82) is 0 Å². The summed E-state index contributed by atoms with van der Waals surface area (Å²) < 4.78 is 52.2. The maximum atomic E-state index is 13.2. The zero-order chi connectivity index (χ0) is 15.8. The molecule has 0 unspecified atom stereocenters. The molecule has 0 bridgehead atoms. The summed E-state index contributed by atoms with van der Waals surface area (Å²) in [5.74, 6) is -7.09. The van der Waals surface area contributed by atoms with Crippen molar-refractivity contribution < 1.29 is 32.6 Å². The fraction of sp³-hybridized carbons (Fsp3) is 0.0714. The third kappa shape index (κ3) is 2.47. The number of carbonyl (C=O) groups is 1. The molecule has 0 aliphatic carbocycles. The topological polar surface area (TPSA) is 57.5 Å². The average Bonchev–Trinajstić information content (AvgIpc) is 2.43. The number of aliphatic carboxylic acids is 1. The van der Waals surface area contributed by atoms with E-state index in [1.807, 2.05) is 0 Å². The smallest absolute Gasteiger partial charge is 0.345 e. The maximum absolute atomic E-state index is 13.2. The number of aliphatic hydroxyl groups is 1. The molecule has 0 aliphatic rings.